The first kappa shape index (κ1) is 10.6. The van der Waals surface area contributed by atoms with E-state index >= 15 is 0 Å². The Morgan fingerprint density at radius 1 is 1.60 bits per heavy atom. The quantitative estimate of drug-likeness (QED) is 0.808. The summed E-state index contributed by atoms with van der Waals surface area (Å²) in [6, 6.07) is 4.13. The molecule has 0 bridgehead atoms. The van der Waals surface area contributed by atoms with E-state index in [1.165, 1.54) is 5.56 Å². The molecular formula is C12H18N2O. The van der Waals surface area contributed by atoms with Gasteiger partial charge in [-0.15, -0.1) is 0 Å². The molecule has 1 aromatic heterocycles. The molecule has 82 valence electrons. The Labute approximate surface area is 90.7 Å². The second kappa shape index (κ2) is 4.29. The van der Waals surface area contributed by atoms with Gasteiger partial charge < -0.3 is 10.5 Å². The van der Waals surface area contributed by atoms with Gasteiger partial charge in [0.05, 0.1) is 13.2 Å². The van der Waals surface area contributed by atoms with Crippen molar-refractivity contribution in [2.75, 3.05) is 19.8 Å². The summed E-state index contributed by atoms with van der Waals surface area (Å²) < 4.78 is 5.37. The van der Waals surface area contributed by atoms with Crippen LogP contribution in [0, 0.1) is 5.92 Å². The fraction of sp³-hybridized carbons (Fsp3) is 0.583. The molecule has 1 aliphatic rings. The van der Waals surface area contributed by atoms with Gasteiger partial charge in [-0.3, -0.25) is 4.98 Å². The Balaban J connectivity index is 2.15. The van der Waals surface area contributed by atoms with Crippen molar-refractivity contribution in [3.63, 3.8) is 0 Å². The number of nitrogens with zero attached hydrogens (tertiary/aromatic N) is 1. The molecule has 2 heterocycles. The maximum Gasteiger partial charge on any atom is 0.0586 e. The largest absolute Gasteiger partial charge is 0.379 e. The predicted molar refractivity (Wildman–Crippen MR) is 59.6 cm³/mol. The van der Waals surface area contributed by atoms with Crippen LogP contribution in [-0.4, -0.2) is 24.7 Å². The normalized spacial score (nSPS) is 20.7. The molecule has 0 amide bonds. The Hall–Kier alpha value is -0.930. The molecule has 2 rings (SSSR count). The lowest BCUT2D eigenvalue weighted by Crippen LogP contribution is -2.48. The highest BCUT2D eigenvalue weighted by atomic mass is 16.5. The Morgan fingerprint density at radius 2 is 2.40 bits per heavy atom. The van der Waals surface area contributed by atoms with Gasteiger partial charge in [-0.05, 0) is 30.5 Å². The molecule has 1 fully saturated rings. The predicted octanol–water partition coefficient (Wildman–Crippen LogP) is 1.33. The number of ether oxygens (including phenoxy) is 1. The lowest BCUT2D eigenvalue weighted by Gasteiger charge is -2.43. The summed E-state index contributed by atoms with van der Waals surface area (Å²) in [5, 5.41) is 0. The van der Waals surface area contributed by atoms with E-state index in [1.807, 2.05) is 18.5 Å². The number of rotatable bonds is 4. The maximum atomic E-state index is 5.68. The van der Waals surface area contributed by atoms with Gasteiger partial charge in [-0.25, -0.2) is 0 Å². The van der Waals surface area contributed by atoms with E-state index in [0.717, 1.165) is 26.2 Å². The first-order chi connectivity index (χ1) is 7.27. The van der Waals surface area contributed by atoms with Gasteiger partial charge in [0.1, 0.15) is 0 Å². The molecule has 2 N–H and O–H groups in total. The van der Waals surface area contributed by atoms with Crippen molar-refractivity contribution in [2.24, 2.45) is 11.7 Å². The summed E-state index contributed by atoms with van der Waals surface area (Å²) in [7, 11) is 0. The number of hydrogen-bond acceptors (Lipinski definition) is 3. The second-order valence-corrected chi connectivity index (χ2v) is 4.56. The van der Waals surface area contributed by atoms with E-state index in [0.29, 0.717) is 5.92 Å². The number of nitrogens with two attached hydrogens (primary N) is 1. The lowest BCUT2D eigenvalue weighted by atomic mass is 9.73. The molecule has 1 saturated heterocycles. The molecule has 1 aliphatic heterocycles. The van der Waals surface area contributed by atoms with Crippen LogP contribution in [0.1, 0.15) is 18.9 Å². The van der Waals surface area contributed by atoms with Crippen molar-refractivity contribution in [1.82, 2.24) is 4.98 Å². The van der Waals surface area contributed by atoms with Gasteiger partial charge in [-0.1, -0.05) is 13.0 Å². The van der Waals surface area contributed by atoms with E-state index in [4.69, 9.17) is 10.5 Å². The first-order valence-electron chi connectivity index (χ1n) is 5.45. The summed E-state index contributed by atoms with van der Waals surface area (Å²) in [5.41, 5.74) is 7.14. The monoisotopic (exact) mass is 206 g/mol. The molecule has 1 unspecified atom stereocenters. The van der Waals surface area contributed by atoms with Crippen LogP contribution in [0.3, 0.4) is 0 Å². The zero-order valence-electron chi connectivity index (χ0n) is 9.15. The molecule has 3 heteroatoms. The van der Waals surface area contributed by atoms with Crippen LogP contribution in [0.5, 0.6) is 0 Å². The van der Waals surface area contributed by atoms with Crippen LogP contribution in [0.2, 0.25) is 0 Å². The zero-order chi connectivity index (χ0) is 10.7. The fourth-order valence-corrected chi connectivity index (χ4v) is 2.18. The molecule has 3 nitrogen and oxygen atoms in total. The fourth-order valence-electron chi connectivity index (χ4n) is 2.18. The third kappa shape index (κ3) is 2.03. The highest BCUT2D eigenvalue weighted by Gasteiger charge is 2.41. The van der Waals surface area contributed by atoms with Gasteiger partial charge in [0.25, 0.3) is 0 Å². The summed E-state index contributed by atoms with van der Waals surface area (Å²) >= 11 is 0. The summed E-state index contributed by atoms with van der Waals surface area (Å²) in [5.74, 6) is 0.536. The molecule has 0 aliphatic carbocycles. The zero-order valence-corrected chi connectivity index (χ0v) is 9.15. The number of hydrogen-bond donors (Lipinski definition) is 1. The molecule has 1 aromatic rings. The molecule has 1 atom stereocenters. The topological polar surface area (TPSA) is 48.1 Å². The van der Waals surface area contributed by atoms with Crippen molar-refractivity contribution in [2.45, 2.75) is 18.8 Å². The standard InChI is InChI=1S/C12H18N2O/c1-10(6-13)5-12(8-15-9-12)11-3-2-4-14-7-11/h2-4,7,10H,5-6,8-9,13H2,1H3. The average molecular weight is 206 g/mol. The van der Waals surface area contributed by atoms with Gasteiger partial charge in [0.15, 0.2) is 0 Å². The minimum atomic E-state index is 0.174. The van der Waals surface area contributed by atoms with Crippen LogP contribution in [0.15, 0.2) is 24.5 Å². The maximum absolute atomic E-state index is 5.68. The molecule has 0 spiro atoms. The molecule has 0 radical (unpaired) electrons. The first-order valence-corrected chi connectivity index (χ1v) is 5.45. The average Bonchev–Trinajstić information content (AvgIpc) is 2.24. The SMILES string of the molecule is CC(CN)CC1(c2cccnc2)COC1. The van der Waals surface area contributed by atoms with Crippen LogP contribution in [0.4, 0.5) is 0 Å². The summed E-state index contributed by atoms with van der Waals surface area (Å²) in [6.07, 6.45) is 4.85. The molecular weight excluding hydrogens is 188 g/mol. The van der Waals surface area contributed by atoms with Crippen molar-refractivity contribution < 1.29 is 4.74 Å². The molecule has 15 heavy (non-hydrogen) atoms. The van der Waals surface area contributed by atoms with Crippen molar-refractivity contribution in [3.8, 4) is 0 Å². The summed E-state index contributed by atoms with van der Waals surface area (Å²) in [4.78, 5) is 4.18. The Bertz CT molecular complexity index is 309. The Morgan fingerprint density at radius 3 is 2.87 bits per heavy atom. The minimum absolute atomic E-state index is 0.174. The van der Waals surface area contributed by atoms with Gasteiger partial charge >= 0.3 is 0 Å². The van der Waals surface area contributed by atoms with E-state index < -0.39 is 0 Å². The van der Waals surface area contributed by atoms with Gasteiger partial charge in [0, 0.05) is 17.8 Å². The van der Waals surface area contributed by atoms with Crippen LogP contribution in [-0.2, 0) is 10.2 Å². The highest BCUT2D eigenvalue weighted by molar-refractivity contribution is 5.24. The van der Waals surface area contributed by atoms with Gasteiger partial charge in [0.2, 0.25) is 0 Å². The van der Waals surface area contributed by atoms with E-state index in [9.17, 15) is 0 Å². The lowest BCUT2D eigenvalue weighted by molar-refractivity contribution is -0.0703. The van der Waals surface area contributed by atoms with E-state index in [1.54, 1.807) is 0 Å². The van der Waals surface area contributed by atoms with Crippen LogP contribution >= 0.6 is 0 Å². The molecule has 0 saturated carbocycles. The third-order valence-corrected chi connectivity index (χ3v) is 3.17. The van der Waals surface area contributed by atoms with Crippen molar-refractivity contribution in [1.29, 1.82) is 0 Å². The van der Waals surface area contributed by atoms with E-state index in [2.05, 4.69) is 18.0 Å². The number of aromatic nitrogens is 1. The van der Waals surface area contributed by atoms with Crippen molar-refractivity contribution in [3.05, 3.63) is 30.1 Å². The molecule has 0 aromatic carbocycles. The van der Waals surface area contributed by atoms with Crippen LogP contribution < -0.4 is 5.73 Å². The minimum Gasteiger partial charge on any atom is -0.379 e. The summed E-state index contributed by atoms with van der Waals surface area (Å²) in [6.45, 7) is 4.55. The van der Waals surface area contributed by atoms with E-state index in [-0.39, 0.29) is 5.41 Å². The van der Waals surface area contributed by atoms with Crippen LogP contribution in [0.25, 0.3) is 0 Å². The smallest absolute Gasteiger partial charge is 0.0586 e. The number of pyridine rings is 1. The second-order valence-electron chi connectivity index (χ2n) is 4.56. The van der Waals surface area contributed by atoms with Crippen molar-refractivity contribution >= 4 is 0 Å². The Kier molecular flexibility index (Phi) is 3.03. The third-order valence-electron chi connectivity index (χ3n) is 3.17. The van der Waals surface area contributed by atoms with Gasteiger partial charge in [-0.2, -0.15) is 0 Å². The highest BCUT2D eigenvalue weighted by Crippen LogP contribution is 2.37.